The van der Waals surface area contributed by atoms with Crippen LogP contribution in [0.25, 0.3) is 0 Å². The van der Waals surface area contributed by atoms with E-state index in [2.05, 4.69) is 26.6 Å². The molecule has 0 fully saturated rings. The van der Waals surface area contributed by atoms with Crippen molar-refractivity contribution >= 4 is 33.4 Å². The standard InChI is InChI=1S/C17H17BrN2O3/c18-14-5-1-3-12(9-14)10-16(22)20-15-6-2-4-13(11-15)17(23)19-7-8-21/h1-6,9,11,21H,7-8,10H2,(H,19,23)(H,20,22). The zero-order chi connectivity index (χ0) is 16.7. The van der Waals surface area contributed by atoms with Crippen LogP contribution in [-0.2, 0) is 11.2 Å². The van der Waals surface area contributed by atoms with Gasteiger partial charge in [-0.05, 0) is 35.9 Å². The molecule has 0 atom stereocenters. The summed E-state index contributed by atoms with van der Waals surface area (Å²) in [5.41, 5.74) is 1.88. The highest BCUT2D eigenvalue weighted by molar-refractivity contribution is 9.10. The number of anilines is 1. The monoisotopic (exact) mass is 376 g/mol. The van der Waals surface area contributed by atoms with E-state index in [1.54, 1.807) is 24.3 Å². The smallest absolute Gasteiger partial charge is 0.251 e. The van der Waals surface area contributed by atoms with E-state index in [0.717, 1.165) is 10.0 Å². The van der Waals surface area contributed by atoms with E-state index < -0.39 is 0 Å². The number of aliphatic hydroxyl groups is 1. The lowest BCUT2D eigenvalue weighted by atomic mass is 10.1. The number of hydrogen-bond acceptors (Lipinski definition) is 3. The summed E-state index contributed by atoms with van der Waals surface area (Å²) in [4.78, 5) is 23.9. The van der Waals surface area contributed by atoms with Crippen molar-refractivity contribution in [2.75, 3.05) is 18.5 Å². The predicted molar refractivity (Wildman–Crippen MR) is 92.3 cm³/mol. The number of carbonyl (C=O) groups is 2. The Labute approximate surface area is 142 Å². The highest BCUT2D eigenvalue weighted by atomic mass is 79.9. The zero-order valence-corrected chi connectivity index (χ0v) is 14.0. The fraction of sp³-hybridized carbons (Fsp3) is 0.176. The summed E-state index contributed by atoms with van der Waals surface area (Å²) in [6.07, 6.45) is 0.250. The maximum Gasteiger partial charge on any atom is 0.251 e. The second kappa shape index (κ2) is 8.45. The van der Waals surface area contributed by atoms with Gasteiger partial charge in [-0.3, -0.25) is 9.59 Å². The lowest BCUT2D eigenvalue weighted by Gasteiger charge is -2.08. The number of nitrogens with one attached hydrogen (secondary N) is 2. The summed E-state index contributed by atoms with van der Waals surface area (Å²) in [5.74, 6) is -0.446. The normalized spacial score (nSPS) is 10.2. The van der Waals surface area contributed by atoms with Gasteiger partial charge in [0.1, 0.15) is 0 Å². The highest BCUT2D eigenvalue weighted by Crippen LogP contribution is 2.14. The number of carbonyl (C=O) groups excluding carboxylic acids is 2. The number of halogens is 1. The van der Waals surface area contributed by atoms with E-state index in [1.807, 2.05) is 24.3 Å². The quantitative estimate of drug-likeness (QED) is 0.723. The van der Waals surface area contributed by atoms with Crippen molar-refractivity contribution in [1.29, 1.82) is 0 Å². The average molecular weight is 377 g/mol. The lowest BCUT2D eigenvalue weighted by Crippen LogP contribution is -2.26. The molecule has 0 saturated heterocycles. The molecule has 2 amide bonds. The third kappa shape index (κ3) is 5.50. The minimum absolute atomic E-state index is 0.116. The van der Waals surface area contributed by atoms with Crippen molar-refractivity contribution in [3.63, 3.8) is 0 Å². The van der Waals surface area contributed by atoms with Gasteiger partial charge in [0.05, 0.1) is 13.0 Å². The molecule has 0 aromatic heterocycles. The largest absolute Gasteiger partial charge is 0.395 e. The van der Waals surface area contributed by atoms with Crippen LogP contribution in [0.4, 0.5) is 5.69 Å². The number of amides is 2. The van der Waals surface area contributed by atoms with Crippen molar-refractivity contribution < 1.29 is 14.7 Å². The molecule has 0 radical (unpaired) electrons. The SMILES string of the molecule is O=C(Cc1cccc(Br)c1)Nc1cccc(C(=O)NCCO)c1. The van der Waals surface area contributed by atoms with Crippen molar-refractivity contribution in [2.24, 2.45) is 0 Å². The van der Waals surface area contributed by atoms with Gasteiger partial charge in [0.15, 0.2) is 0 Å². The predicted octanol–water partition coefficient (Wildman–Crippen LogP) is 2.35. The maximum absolute atomic E-state index is 12.1. The molecule has 6 heteroatoms. The average Bonchev–Trinajstić information content (AvgIpc) is 2.52. The van der Waals surface area contributed by atoms with Crippen LogP contribution >= 0.6 is 15.9 Å². The van der Waals surface area contributed by atoms with Crippen LogP contribution in [0.15, 0.2) is 53.0 Å². The molecule has 0 spiro atoms. The molecular weight excluding hydrogens is 360 g/mol. The fourth-order valence-corrected chi connectivity index (χ4v) is 2.49. The van der Waals surface area contributed by atoms with Gasteiger partial charge in [0.2, 0.25) is 5.91 Å². The van der Waals surface area contributed by atoms with Crippen LogP contribution in [0.5, 0.6) is 0 Å². The Hall–Kier alpha value is -2.18. The van der Waals surface area contributed by atoms with Crippen molar-refractivity contribution in [1.82, 2.24) is 5.32 Å². The Balaban J connectivity index is 1.99. The second-order valence-electron chi connectivity index (χ2n) is 4.92. The van der Waals surface area contributed by atoms with Gasteiger partial charge in [-0.1, -0.05) is 34.1 Å². The molecule has 120 valence electrons. The number of rotatable bonds is 6. The molecule has 0 heterocycles. The maximum atomic E-state index is 12.1. The van der Waals surface area contributed by atoms with E-state index >= 15 is 0 Å². The van der Waals surface area contributed by atoms with Gasteiger partial charge < -0.3 is 15.7 Å². The van der Waals surface area contributed by atoms with E-state index in [9.17, 15) is 9.59 Å². The van der Waals surface area contributed by atoms with Crippen molar-refractivity contribution in [3.8, 4) is 0 Å². The second-order valence-corrected chi connectivity index (χ2v) is 5.83. The minimum atomic E-state index is -0.290. The summed E-state index contributed by atoms with van der Waals surface area (Å²) in [5, 5.41) is 14.1. The molecule has 2 rings (SSSR count). The van der Waals surface area contributed by atoms with Crippen LogP contribution in [-0.4, -0.2) is 30.1 Å². The van der Waals surface area contributed by atoms with Crippen LogP contribution in [0.1, 0.15) is 15.9 Å². The Morgan fingerprint density at radius 1 is 1.09 bits per heavy atom. The van der Waals surface area contributed by atoms with Gasteiger partial charge in [-0.25, -0.2) is 0 Å². The van der Waals surface area contributed by atoms with E-state index in [4.69, 9.17) is 5.11 Å². The Bertz CT molecular complexity index is 704. The molecule has 0 bridgehead atoms. The first-order chi connectivity index (χ1) is 11.1. The van der Waals surface area contributed by atoms with E-state index in [0.29, 0.717) is 11.3 Å². The topological polar surface area (TPSA) is 78.4 Å². The summed E-state index contributed by atoms with van der Waals surface area (Å²) in [6.45, 7) is 0.0765. The number of aliphatic hydroxyl groups excluding tert-OH is 1. The number of hydrogen-bond donors (Lipinski definition) is 3. The van der Waals surface area contributed by atoms with E-state index in [1.165, 1.54) is 0 Å². The molecule has 23 heavy (non-hydrogen) atoms. The van der Waals surface area contributed by atoms with Gasteiger partial charge in [-0.2, -0.15) is 0 Å². The third-order valence-corrected chi connectivity index (χ3v) is 3.55. The van der Waals surface area contributed by atoms with Crippen LogP contribution in [0.2, 0.25) is 0 Å². The Morgan fingerprint density at radius 2 is 1.87 bits per heavy atom. The van der Waals surface area contributed by atoms with Gasteiger partial charge >= 0.3 is 0 Å². The molecule has 3 N–H and O–H groups in total. The zero-order valence-electron chi connectivity index (χ0n) is 12.4. The summed E-state index contributed by atoms with van der Waals surface area (Å²) >= 11 is 3.37. The fourth-order valence-electron chi connectivity index (χ4n) is 2.05. The number of benzene rings is 2. The lowest BCUT2D eigenvalue weighted by molar-refractivity contribution is -0.115. The molecule has 0 aliphatic carbocycles. The molecule has 0 aliphatic rings. The van der Waals surface area contributed by atoms with E-state index in [-0.39, 0.29) is 31.4 Å². The van der Waals surface area contributed by atoms with Gasteiger partial charge in [0.25, 0.3) is 5.91 Å². The molecule has 5 nitrogen and oxygen atoms in total. The van der Waals surface area contributed by atoms with Gasteiger partial charge in [0, 0.05) is 22.3 Å². The summed E-state index contributed by atoms with van der Waals surface area (Å²) < 4.78 is 0.922. The molecular formula is C17H17BrN2O3. The van der Waals surface area contributed by atoms with Crippen molar-refractivity contribution in [2.45, 2.75) is 6.42 Å². The highest BCUT2D eigenvalue weighted by Gasteiger charge is 2.08. The van der Waals surface area contributed by atoms with Crippen LogP contribution < -0.4 is 10.6 Å². The van der Waals surface area contributed by atoms with Crippen molar-refractivity contribution in [3.05, 3.63) is 64.1 Å². The molecule has 0 saturated carbocycles. The molecule has 2 aromatic rings. The molecule has 0 unspecified atom stereocenters. The van der Waals surface area contributed by atoms with Gasteiger partial charge in [-0.15, -0.1) is 0 Å². The Morgan fingerprint density at radius 3 is 2.61 bits per heavy atom. The summed E-state index contributed by atoms with van der Waals surface area (Å²) in [7, 11) is 0. The summed E-state index contributed by atoms with van der Waals surface area (Å²) in [6, 6.07) is 14.2. The molecule has 2 aromatic carbocycles. The Kier molecular flexibility index (Phi) is 6.31. The third-order valence-electron chi connectivity index (χ3n) is 3.06. The van der Waals surface area contributed by atoms with Crippen LogP contribution in [0, 0.1) is 0 Å². The molecule has 0 aliphatic heterocycles. The first kappa shape index (κ1) is 17.2. The minimum Gasteiger partial charge on any atom is -0.395 e. The van der Waals surface area contributed by atoms with Crippen LogP contribution in [0.3, 0.4) is 0 Å². The first-order valence-electron chi connectivity index (χ1n) is 7.12. The first-order valence-corrected chi connectivity index (χ1v) is 7.91.